The second-order valence-electron chi connectivity index (χ2n) is 7.63. The summed E-state index contributed by atoms with van der Waals surface area (Å²) in [4.78, 5) is 11.5. The van der Waals surface area contributed by atoms with Gasteiger partial charge in [0.2, 0.25) is 10.0 Å². The van der Waals surface area contributed by atoms with E-state index in [9.17, 15) is 13.2 Å². The van der Waals surface area contributed by atoms with Gasteiger partial charge in [-0.25, -0.2) is 13.1 Å². The summed E-state index contributed by atoms with van der Waals surface area (Å²) >= 11 is 0. The summed E-state index contributed by atoms with van der Waals surface area (Å²) in [5.74, 6) is 1.25. The van der Waals surface area contributed by atoms with E-state index < -0.39 is 10.0 Å². The Morgan fingerprint density at radius 1 is 1.19 bits per heavy atom. The molecule has 0 unspecified atom stereocenters. The number of hydrogen-bond donors (Lipinski definition) is 1. The van der Waals surface area contributed by atoms with Crippen LogP contribution in [0.15, 0.2) is 47.4 Å². The fourth-order valence-electron chi connectivity index (χ4n) is 4.62. The number of esters is 1. The highest BCUT2D eigenvalue weighted by Crippen LogP contribution is 2.50. The van der Waals surface area contributed by atoms with Gasteiger partial charge in [0.05, 0.1) is 12.0 Å². The normalized spacial score (nSPS) is 27.3. The van der Waals surface area contributed by atoms with Gasteiger partial charge < -0.3 is 4.74 Å². The average Bonchev–Trinajstić information content (AvgIpc) is 3.27. The summed E-state index contributed by atoms with van der Waals surface area (Å²) in [7, 11) is -2.07. The van der Waals surface area contributed by atoms with E-state index in [0.29, 0.717) is 29.1 Å². The maximum atomic E-state index is 12.7. The minimum absolute atomic E-state index is 0.0219. The van der Waals surface area contributed by atoms with Gasteiger partial charge in [0, 0.05) is 12.5 Å². The summed E-state index contributed by atoms with van der Waals surface area (Å²) in [6, 6.07) is 8.64. The second kappa shape index (κ2) is 9.02. The van der Waals surface area contributed by atoms with Crippen LogP contribution in [0.1, 0.15) is 44.9 Å². The molecule has 0 saturated heterocycles. The lowest BCUT2D eigenvalue weighted by atomic mass is 9.83. The van der Waals surface area contributed by atoms with E-state index in [4.69, 9.17) is 0 Å². The highest BCUT2D eigenvalue weighted by atomic mass is 32.2. The summed E-state index contributed by atoms with van der Waals surface area (Å²) < 4.78 is 33.1. The number of carbonyl (C=O) groups is 1. The fourth-order valence-corrected chi connectivity index (χ4v) is 5.99. The first kappa shape index (κ1) is 20.1. The maximum Gasteiger partial charge on any atom is 0.305 e. The number of carbonyl (C=O) groups excluding carboxylic acids is 1. The Kier molecular flexibility index (Phi) is 6.71. The number of fused-ring (bicyclic) bond motifs is 2. The standard InChI is InChI=1S/C21H29NO4S/c1-26-20(23)12-8-3-2-7-11-19-16-13-14-17(15-16)21(19)22-27(24,25)18-9-5-4-6-10-18/h2,4-7,9-10,16-17,19,21-22H,3,8,11-15H2,1H3/b7-2-/t16-,17-,19+,21+/m1/s1. The molecule has 0 heterocycles. The van der Waals surface area contributed by atoms with Gasteiger partial charge in [0.15, 0.2) is 0 Å². The van der Waals surface area contributed by atoms with Gasteiger partial charge in [-0.15, -0.1) is 0 Å². The molecule has 3 rings (SSSR count). The van der Waals surface area contributed by atoms with Crippen molar-refractivity contribution in [2.45, 2.75) is 55.9 Å². The van der Waals surface area contributed by atoms with Crippen molar-refractivity contribution in [2.24, 2.45) is 17.8 Å². The van der Waals surface area contributed by atoms with Crippen LogP contribution in [0.5, 0.6) is 0 Å². The Labute approximate surface area is 162 Å². The van der Waals surface area contributed by atoms with E-state index in [1.165, 1.54) is 13.5 Å². The molecule has 0 spiro atoms. The SMILES string of the molecule is COC(=O)CCC/C=C\C[C@H]1[C@@H]2CC[C@H](C2)[C@@H]1NS(=O)(=O)c1ccccc1. The van der Waals surface area contributed by atoms with E-state index in [1.807, 2.05) is 6.07 Å². The Hall–Kier alpha value is -1.66. The molecule has 1 aromatic rings. The molecular weight excluding hydrogens is 362 g/mol. The molecule has 4 atom stereocenters. The van der Waals surface area contributed by atoms with E-state index in [-0.39, 0.29) is 12.0 Å². The van der Waals surface area contributed by atoms with Crippen molar-refractivity contribution in [1.29, 1.82) is 0 Å². The number of sulfonamides is 1. The second-order valence-corrected chi connectivity index (χ2v) is 9.35. The Morgan fingerprint density at radius 3 is 2.67 bits per heavy atom. The molecule has 6 heteroatoms. The zero-order valence-electron chi connectivity index (χ0n) is 15.8. The third-order valence-corrected chi connectivity index (χ3v) is 7.46. The summed E-state index contributed by atoms with van der Waals surface area (Å²) in [5, 5.41) is 0. The van der Waals surface area contributed by atoms with Crippen LogP contribution < -0.4 is 4.72 Å². The highest BCUT2D eigenvalue weighted by Gasteiger charge is 2.48. The van der Waals surface area contributed by atoms with Crippen LogP contribution in [-0.2, 0) is 19.6 Å². The third-order valence-electron chi connectivity index (χ3n) is 5.99. The highest BCUT2D eigenvalue weighted by molar-refractivity contribution is 7.89. The van der Waals surface area contributed by atoms with Crippen LogP contribution in [-0.4, -0.2) is 27.5 Å². The molecule has 5 nitrogen and oxygen atoms in total. The van der Waals surface area contributed by atoms with Gasteiger partial charge in [-0.1, -0.05) is 30.4 Å². The van der Waals surface area contributed by atoms with Crippen LogP contribution in [0.4, 0.5) is 0 Å². The number of methoxy groups -OCH3 is 1. The van der Waals surface area contributed by atoms with E-state index in [1.54, 1.807) is 24.3 Å². The minimum atomic E-state index is -3.48. The molecule has 27 heavy (non-hydrogen) atoms. The summed E-state index contributed by atoms with van der Waals surface area (Å²) in [6.45, 7) is 0. The summed E-state index contributed by atoms with van der Waals surface area (Å²) in [6.07, 6.45) is 10.7. The number of benzene rings is 1. The monoisotopic (exact) mass is 391 g/mol. The molecule has 1 aromatic carbocycles. The third kappa shape index (κ3) is 4.99. The molecule has 2 aliphatic carbocycles. The average molecular weight is 392 g/mol. The van der Waals surface area contributed by atoms with Crippen molar-refractivity contribution >= 4 is 16.0 Å². The van der Waals surface area contributed by atoms with Gasteiger partial charge in [-0.2, -0.15) is 0 Å². The van der Waals surface area contributed by atoms with Gasteiger partial charge >= 0.3 is 5.97 Å². The molecular formula is C21H29NO4S. The minimum Gasteiger partial charge on any atom is -0.469 e. The van der Waals surface area contributed by atoms with Crippen LogP contribution in [0.2, 0.25) is 0 Å². The Balaban J connectivity index is 1.57. The number of hydrogen-bond acceptors (Lipinski definition) is 4. The van der Waals surface area contributed by atoms with Crippen molar-refractivity contribution < 1.29 is 17.9 Å². The zero-order chi connectivity index (χ0) is 19.3. The van der Waals surface area contributed by atoms with Crippen LogP contribution in [0.25, 0.3) is 0 Å². The molecule has 2 saturated carbocycles. The number of rotatable bonds is 9. The summed E-state index contributed by atoms with van der Waals surface area (Å²) in [5.41, 5.74) is 0. The predicted molar refractivity (Wildman–Crippen MR) is 104 cm³/mol. The van der Waals surface area contributed by atoms with E-state index in [0.717, 1.165) is 32.1 Å². The van der Waals surface area contributed by atoms with Crippen molar-refractivity contribution in [3.8, 4) is 0 Å². The molecule has 0 amide bonds. The fraction of sp³-hybridized carbons (Fsp3) is 0.571. The lowest BCUT2D eigenvalue weighted by Crippen LogP contribution is -2.43. The zero-order valence-corrected chi connectivity index (χ0v) is 16.7. The molecule has 1 N–H and O–H groups in total. The lowest BCUT2D eigenvalue weighted by Gasteiger charge is -2.31. The largest absolute Gasteiger partial charge is 0.469 e. The molecule has 0 aliphatic heterocycles. The quantitative estimate of drug-likeness (QED) is 0.396. The number of allylic oxidation sites excluding steroid dienone is 2. The van der Waals surface area contributed by atoms with Gasteiger partial charge in [0.1, 0.15) is 0 Å². The van der Waals surface area contributed by atoms with Gasteiger partial charge in [-0.05, 0) is 68.4 Å². The lowest BCUT2D eigenvalue weighted by molar-refractivity contribution is -0.140. The number of ether oxygens (including phenoxy) is 1. The topological polar surface area (TPSA) is 72.5 Å². The molecule has 2 aliphatic rings. The Bertz CT molecular complexity index is 760. The van der Waals surface area contributed by atoms with Crippen molar-refractivity contribution in [3.05, 3.63) is 42.5 Å². The van der Waals surface area contributed by atoms with Crippen molar-refractivity contribution in [2.75, 3.05) is 7.11 Å². The first-order chi connectivity index (χ1) is 13.0. The molecule has 2 fully saturated rings. The van der Waals surface area contributed by atoms with Crippen LogP contribution >= 0.6 is 0 Å². The van der Waals surface area contributed by atoms with E-state index in [2.05, 4.69) is 21.6 Å². The molecule has 0 radical (unpaired) electrons. The smallest absolute Gasteiger partial charge is 0.305 e. The van der Waals surface area contributed by atoms with Gasteiger partial charge in [0.25, 0.3) is 0 Å². The predicted octanol–water partition coefficient (Wildman–Crippen LogP) is 3.67. The maximum absolute atomic E-state index is 12.7. The Morgan fingerprint density at radius 2 is 1.93 bits per heavy atom. The first-order valence-corrected chi connectivity index (χ1v) is 11.3. The first-order valence-electron chi connectivity index (χ1n) is 9.80. The van der Waals surface area contributed by atoms with Crippen LogP contribution in [0, 0.1) is 17.8 Å². The van der Waals surface area contributed by atoms with Crippen LogP contribution in [0.3, 0.4) is 0 Å². The van der Waals surface area contributed by atoms with Gasteiger partial charge in [-0.3, -0.25) is 4.79 Å². The molecule has 2 bridgehead atoms. The van der Waals surface area contributed by atoms with Crippen molar-refractivity contribution in [1.82, 2.24) is 4.72 Å². The number of unbranched alkanes of at least 4 members (excludes halogenated alkanes) is 1. The van der Waals surface area contributed by atoms with Crippen molar-refractivity contribution in [3.63, 3.8) is 0 Å². The van der Waals surface area contributed by atoms with E-state index >= 15 is 0 Å². The molecule has 148 valence electrons. The number of nitrogens with one attached hydrogen (secondary N) is 1. The molecule has 0 aromatic heterocycles.